The van der Waals surface area contributed by atoms with Crippen LogP contribution in [0.3, 0.4) is 0 Å². The molecule has 10 heavy (non-hydrogen) atoms. The second-order valence-corrected chi connectivity index (χ2v) is 3.99. The number of hydrogen-bond donors (Lipinski definition) is 0. The molecule has 1 aliphatic rings. The number of hydrogen-bond acceptors (Lipinski definition) is 4. The van der Waals surface area contributed by atoms with Crippen molar-refractivity contribution < 1.29 is 17.4 Å². The smallest absolute Gasteiger partial charge is 0.274 e. The summed E-state index contributed by atoms with van der Waals surface area (Å²) in [5.74, 6) is -0.997. The van der Waals surface area contributed by atoms with Crippen LogP contribution < -0.4 is 0 Å². The first-order valence-electron chi connectivity index (χ1n) is 2.91. The molecule has 0 aromatic rings. The van der Waals surface area contributed by atoms with Crippen LogP contribution in [0.25, 0.3) is 0 Å². The van der Waals surface area contributed by atoms with Crippen LogP contribution in [-0.4, -0.2) is 26.6 Å². The van der Waals surface area contributed by atoms with Gasteiger partial charge < -0.3 is 0 Å². The van der Waals surface area contributed by atoms with Gasteiger partial charge in [-0.15, -0.1) is 0 Å². The van der Waals surface area contributed by atoms with E-state index in [9.17, 15) is 13.2 Å². The highest BCUT2D eigenvalue weighted by atomic mass is 32.2. The van der Waals surface area contributed by atoms with Crippen molar-refractivity contribution >= 4 is 15.9 Å². The Kier molecular flexibility index (Phi) is 1.78. The lowest BCUT2D eigenvalue weighted by atomic mass is 10.1. The monoisotopic (exact) mass is 164 g/mol. The van der Waals surface area contributed by atoms with Crippen LogP contribution in [0.15, 0.2) is 0 Å². The Labute approximate surface area is 59.3 Å². The molecule has 0 bridgehead atoms. The van der Waals surface area contributed by atoms with Crippen LogP contribution in [0.2, 0.25) is 0 Å². The molecular weight excluding hydrogens is 156 g/mol. The van der Waals surface area contributed by atoms with E-state index in [1.54, 1.807) is 6.92 Å². The maximum Gasteiger partial charge on any atom is 0.274 e. The highest BCUT2D eigenvalue weighted by Crippen LogP contribution is 2.10. The van der Waals surface area contributed by atoms with E-state index in [4.69, 9.17) is 0 Å². The van der Waals surface area contributed by atoms with Crippen molar-refractivity contribution in [3.8, 4) is 0 Å². The predicted molar refractivity (Wildman–Crippen MR) is 33.9 cm³/mol. The van der Waals surface area contributed by atoms with Crippen LogP contribution in [0, 0.1) is 5.92 Å². The molecule has 1 unspecified atom stereocenters. The fraction of sp³-hybridized carbons (Fsp3) is 0.800. The third-order valence-corrected chi connectivity index (χ3v) is 2.50. The van der Waals surface area contributed by atoms with Crippen molar-refractivity contribution in [1.29, 1.82) is 0 Å². The Morgan fingerprint density at radius 2 is 2.20 bits per heavy atom. The summed E-state index contributed by atoms with van der Waals surface area (Å²) < 4.78 is 25.5. The van der Waals surface area contributed by atoms with E-state index in [1.165, 1.54) is 0 Å². The second-order valence-electron chi connectivity index (χ2n) is 2.35. The zero-order valence-electron chi connectivity index (χ0n) is 5.53. The summed E-state index contributed by atoms with van der Waals surface area (Å²) in [6.07, 6.45) is 0. The lowest BCUT2D eigenvalue weighted by molar-refractivity contribution is -0.121. The molecule has 0 spiro atoms. The van der Waals surface area contributed by atoms with Crippen molar-refractivity contribution in [3.05, 3.63) is 0 Å². The Morgan fingerprint density at radius 1 is 1.60 bits per heavy atom. The zero-order chi connectivity index (χ0) is 7.78. The standard InChI is InChI=1S/C5H8O4S/c1-4-2-9-10(7,8)3-5(4)6/h4H,2-3H2,1H3. The van der Waals surface area contributed by atoms with E-state index in [-0.39, 0.29) is 18.3 Å². The normalized spacial score (nSPS) is 32.1. The SMILES string of the molecule is CC1COS(=O)(=O)CC1=O. The van der Waals surface area contributed by atoms with Gasteiger partial charge in [-0.2, -0.15) is 8.42 Å². The van der Waals surface area contributed by atoms with Crippen LogP contribution in [0.4, 0.5) is 0 Å². The van der Waals surface area contributed by atoms with Crippen molar-refractivity contribution in [2.75, 3.05) is 12.4 Å². The third kappa shape index (κ3) is 1.54. The predicted octanol–water partition coefficient (Wildman–Crippen LogP) is -0.448. The quantitative estimate of drug-likeness (QED) is 0.455. The lowest BCUT2D eigenvalue weighted by Crippen LogP contribution is -2.33. The van der Waals surface area contributed by atoms with Gasteiger partial charge in [0.2, 0.25) is 0 Å². The zero-order valence-corrected chi connectivity index (χ0v) is 6.35. The molecule has 0 aliphatic carbocycles. The molecule has 0 aromatic carbocycles. The third-order valence-electron chi connectivity index (χ3n) is 1.37. The van der Waals surface area contributed by atoms with E-state index in [2.05, 4.69) is 4.18 Å². The molecule has 1 saturated heterocycles. The van der Waals surface area contributed by atoms with Crippen molar-refractivity contribution in [2.45, 2.75) is 6.92 Å². The molecule has 0 saturated carbocycles. The van der Waals surface area contributed by atoms with Crippen molar-refractivity contribution in [3.63, 3.8) is 0 Å². The summed E-state index contributed by atoms with van der Waals surface area (Å²) in [5, 5.41) is 0. The number of carbonyl (C=O) groups excluding carboxylic acids is 1. The van der Waals surface area contributed by atoms with Gasteiger partial charge in [-0.1, -0.05) is 6.92 Å². The fourth-order valence-corrected chi connectivity index (χ4v) is 1.78. The average Bonchev–Trinajstić information content (AvgIpc) is 1.79. The maximum absolute atomic E-state index is 10.8. The molecule has 5 heteroatoms. The molecule has 4 nitrogen and oxygen atoms in total. The fourth-order valence-electron chi connectivity index (χ4n) is 0.657. The number of Topliss-reactive ketones (excluding diaryl/α,β-unsaturated/α-hetero) is 1. The molecule has 0 amide bonds. The molecular formula is C5H8O4S. The Hall–Kier alpha value is -0.420. The van der Waals surface area contributed by atoms with Crippen LogP contribution >= 0.6 is 0 Å². The summed E-state index contributed by atoms with van der Waals surface area (Å²) in [5.41, 5.74) is 0. The topological polar surface area (TPSA) is 60.4 Å². The number of carbonyl (C=O) groups is 1. The summed E-state index contributed by atoms with van der Waals surface area (Å²) in [7, 11) is -3.51. The summed E-state index contributed by atoms with van der Waals surface area (Å²) in [4.78, 5) is 10.8. The highest BCUT2D eigenvalue weighted by Gasteiger charge is 2.28. The van der Waals surface area contributed by atoms with Gasteiger partial charge >= 0.3 is 0 Å². The summed E-state index contributed by atoms with van der Waals surface area (Å²) >= 11 is 0. The molecule has 1 rings (SSSR count). The molecule has 1 heterocycles. The highest BCUT2D eigenvalue weighted by molar-refractivity contribution is 7.87. The molecule has 1 atom stereocenters. The Bertz CT molecular complexity index is 240. The van der Waals surface area contributed by atoms with Gasteiger partial charge in [0.25, 0.3) is 10.1 Å². The Balaban J connectivity index is 2.76. The van der Waals surface area contributed by atoms with E-state index in [1.807, 2.05) is 0 Å². The molecule has 0 aromatic heterocycles. The van der Waals surface area contributed by atoms with E-state index < -0.39 is 15.9 Å². The van der Waals surface area contributed by atoms with E-state index >= 15 is 0 Å². The number of ketones is 1. The van der Waals surface area contributed by atoms with Gasteiger partial charge in [0.15, 0.2) is 5.78 Å². The van der Waals surface area contributed by atoms with Gasteiger partial charge in [0.05, 0.1) is 6.61 Å². The lowest BCUT2D eigenvalue weighted by Gasteiger charge is -2.15. The molecule has 0 N–H and O–H groups in total. The summed E-state index contributed by atoms with van der Waals surface area (Å²) in [6, 6.07) is 0. The first-order chi connectivity index (χ1) is 4.51. The van der Waals surface area contributed by atoms with Crippen molar-refractivity contribution in [2.24, 2.45) is 5.92 Å². The minimum atomic E-state index is -3.51. The first-order valence-corrected chi connectivity index (χ1v) is 4.49. The van der Waals surface area contributed by atoms with Crippen LogP contribution in [0.5, 0.6) is 0 Å². The second kappa shape index (κ2) is 2.32. The number of rotatable bonds is 0. The van der Waals surface area contributed by atoms with Crippen molar-refractivity contribution in [1.82, 2.24) is 0 Å². The molecule has 58 valence electrons. The van der Waals surface area contributed by atoms with E-state index in [0.29, 0.717) is 0 Å². The minimum Gasteiger partial charge on any atom is -0.298 e. The van der Waals surface area contributed by atoms with Gasteiger partial charge in [0.1, 0.15) is 5.75 Å². The summed E-state index contributed by atoms with van der Waals surface area (Å²) in [6.45, 7) is 1.65. The van der Waals surface area contributed by atoms with Gasteiger partial charge in [-0.25, -0.2) is 0 Å². The largest absolute Gasteiger partial charge is 0.298 e. The van der Waals surface area contributed by atoms with Gasteiger partial charge in [0, 0.05) is 5.92 Å². The molecule has 0 radical (unpaired) electrons. The van der Waals surface area contributed by atoms with Gasteiger partial charge in [-0.3, -0.25) is 8.98 Å². The molecule has 1 fully saturated rings. The first kappa shape index (κ1) is 7.68. The maximum atomic E-state index is 10.8. The van der Waals surface area contributed by atoms with Gasteiger partial charge in [-0.05, 0) is 0 Å². The average molecular weight is 164 g/mol. The Morgan fingerprint density at radius 3 is 2.60 bits per heavy atom. The van der Waals surface area contributed by atoms with E-state index in [0.717, 1.165) is 0 Å². The minimum absolute atomic E-state index is 0.00116. The molecule has 1 aliphatic heterocycles. The van der Waals surface area contributed by atoms with Crippen LogP contribution in [-0.2, 0) is 19.1 Å². The van der Waals surface area contributed by atoms with Crippen LogP contribution in [0.1, 0.15) is 6.92 Å².